The van der Waals surface area contributed by atoms with Crippen molar-refractivity contribution in [3.05, 3.63) is 24.0 Å². The second kappa shape index (κ2) is 6.51. The van der Waals surface area contributed by atoms with Gasteiger partial charge in [0.2, 0.25) is 0 Å². The van der Waals surface area contributed by atoms with Crippen LogP contribution in [0.5, 0.6) is 0 Å². The van der Waals surface area contributed by atoms with Crippen LogP contribution in [0.1, 0.15) is 19.5 Å². The number of aryl methyl sites for hydroxylation is 1. The summed E-state index contributed by atoms with van der Waals surface area (Å²) in [5.41, 5.74) is 1.16. The number of sulfone groups is 1. The fraction of sp³-hybridized carbons (Fsp3) is 0.643. The average Bonchev–Trinajstić information content (AvgIpc) is 2.74. The second-order valence-electron chi connectivity index (χ2n) is 5.90. The summed E-state index contributed by atoms with van der Waals surface area (Å²) in [5, 5.41) is 3.14. The number of hydrogen-bond donors (Lipinski definition) is 1. The summed E-state index contributed by atoms with van der Waals surface area (Å²) in [6, 6.07) is 4.04. The summed E-state index contributed by atoms with van der Waals surface area (Å²) in [7, 11) is 2.48. The maximum absolute atomic E-state index is 11.7. The smallest absolute Gasteiger partial charge is 0.193 e. The van der Waals surface area contributed by atoms with Crippen molar-refractivity contribution in [2.45, 2.75) is 25.1 Å². The van der Waals surface area contributed by atoms with Crippen LogP contribution < -0.4 is 5.32 Å². The van der Waals surface area contributed by atoms with Crippen molar-refractivity contribution >= 4 is 15.8 Å². The van der Waals surface area contributed by atoms with E-state index >= 15 is 0 Å². The van der Waals surface area contributed by atoms with Crippen LogP contribution in [0.3, 0.4) is 0 Å². The Morgan fingerprint density at radius 1 is 1.48 bits per heavy atom. The van der Waals surface area contributed by atoms with Gasteiger partial charge in [-0.25, -0.2) is 8.42 Å². The molecule has 1 aromatic heterocycles. The summed E-state index contributed by atoms with van der Waals surface area (Å²) < 4.78 is 24.7. The van der Waals surface area contributed by atoms with Gasteiger partial charge in [-0.3, -0.25) is 4.99 Å². The highest BCUT2D eigenvalue weighted by Gasteiger charge is 2.30. The molecule has 0 aliphatic rings. The van der Waals surface area contributed by atoms with Gasteiger partial charge >= 0.3 is 0 Å². The molecule has 0 aromatic carbocycles. The monoisotopic (exact) mass is 314 g/mol. The van der Waals surface area contributed by atoms with Gasteiger partial charge in [0.1, 0.15) is 0 Å². The largest absolute Gasteiger partial charge is 0.355 e. The lowest BCUT2D eigenvalue weighted by molar-refractivity contribution is 0.455. The molecule has 21 heavy (non-hydrogen) atoms. The molecule has 0 saturated heterocycles. The topological polar surface area (TPSA) is 66.7 Å². The quantitative estimate of drug-likeness (QED) is 0.646. The van der Waals surface area contributed by atoms with E-state index in [2.05, 4.69) is 10.3 Å². The molecule has 0 radical (unpaired) electrons. The van der Waals surface area contributed by atoms with E-state index in [4.69, 9.17) is 0 Å². The van der Waals surface area contributed by atoms with Crippen molar-refractivity contribution in [1.29, 1.82) is 0 Å². The standard InChI is InChI=1S/C14H26N4O2S/c1-14(2,21(6,19)20)11-16-13(15-3)18(5)10-12-8-7-9-17(12)4/h7-9H,10-11H2,1-6H3,(H,15,16). The highest BCUT2D eigenvalue weighted by Crippen LogP contribution is 2.13. The zero-order chi connectivity index (χ0) is 16.3. The molecule has 0 bridgehead atoms. The number of nitrogens with one attached hydrogen (secondary N) is 1. The van der Waals surface area contributed by atoms with Crippen LogP contribution >= 0.6 is 0 Å². The minimum Gasteiger partial charge on any atom is -0.355 e. The van der Waals surface area contributed by atoms with Crippen molar-refractivity contribution < 1.29 is 8.42 Å². The molecule has 1 aromatic rings. The van der Waals surface area contributed by atoms with Gasteiger partial charge in [-0.15, -0.1) is 0 Å². The lowest BCUT2D eigenvalue weighted by atomic mass is 10.2. The van der Waals surface area contributed by atoms with Crippen LogP contribution in [0, 0.1) is 0 Å². The fourth-order valence-corrected chi connectivity index (χ4v) is 2.12. The predicted octanol–water partition coefficient (Wildman–Crippen LogP) is 0.856. The third-order valence-corrected chi connectivity index (χ3v) is 5.85. The summed E-state index contributed by atoms with van der Waals surface area (Å²) >= 11 is 0. The summed E-state index contributed by atoms with van der Waals surface area (Å²) in [4.78, 5) is 6.18. The van der Waals surface area contributed by atoms with E-state index in [0.717, 1.165) is 5.69 Å². The van der Waals surface area contributed by atoms with Crippen molar-refractivity contribution in [2.75, 3.05) is 26.9 Å². The van der Waals surface area contributed by atoms with Gasteiger partial charge in [0, 0.05) is 45.8 Å². The molecule has 0 unspecified atom stereocenters. The Hall–Kier alpha value is -1.50. The van der Waals surface area contributed by atoms with E-state index in [-0.39, 0.29) is 0 Å². The number of guanidine groups is 1. The first kappa shape index (κ1) is 17.6. The van der Waals surface area contributed by atoms with Crippen LogP contribution in [0.25, 0.3) is 0 Å². The second-order valence-corrected chi connectivity index (χ2v) is 8.55. The van der Waals surface area contributed by atoms with Gasteiger partial charge in [0.25, 0.3) is 0 Å². The molecule has 0 aliphatic carbocycles. The maximum atomic E-state index is 11.7. The molecule has 120 valence electrons. The van der Waals surface area contributed by atoms with Gasteiger partial charge in [0.15, 0.2) is 15.8 Å². The van der Waals surface area contributed by atoms with Crippen LogP contribution in [-0.2, 0) is 23.4 Å². The van der Waals surface area contributed by atoms with Crippen molar-refractivity contribution in [3.63, 3.8) is 0 Å². The van der Waals surface area contributed by atoms with E-state index in [1.165, 1.54) is 6.26 Å². The van der Waals surface area contributed by atoms with Crippen LogP contribution in [-0.4, -0.2) is 55.5 Å². The molecule has 0 saturated carbocycles. The first-order valence-corrected chi connectivity index (χ1v) is 8.69. The summed E-state index contributed by atoms with van der Waals surface area (Å²) in [6.45, 7) is 4.43. The molecule has 6 nitrogen and oxygen atoms in total. The zero-order valence-electron chi connectivity index (χ0n) is 13.7. The molecule has 0 aliphatic heterocycles. The van der Waals surface area contributed by atoms with Crippen LogP contribution in [0.15, 0.2) is 23.3 Å². The van der Waals surface area contributed by atoms with Crippen molar-refractivity contribution in [1.82, 2.24) is 14.8 Å². The molecule has 1 N–H and O–H groups in total. The molecule has 7 heteroatoms. The van der Waals surface area contributed by atoms with Gasteiger partial charge < -0.3 is 14.8 Å². The van der Waals surface area contributed by atoms with Crippen molar-refractivity contribution in [3.8, 4) is 0 Å². The normalized spacial score (nSPS) is 13.3. The highest BCUT2D eigenvalue weighted by molar-refractivity contribution is 7.92. The molecule has 0 atom stereocenters. The fourth-order valence-electron chi connectivity index (χ4n) is 1.79. The number of nitrogens with zero attached hydrogens (tertiary/aromatic N) is 3. The Bertz CT molecular complexity index is 602. The van der Waals surface area contributed by atoms with E-state index in [1.54, 1.807) is 20.9 Å². The maximum Gasteiger partial charge on any atom is 0.193 e. The Balaban J connectivity index is 2.70. The molecule has 0 amide bonds. The van der Waals surface area contributed by atoms with Gasteiger partial charge in [-0.05, 0) is 26.0 Å². The predicted molar refractivity (Wildman–Crippen MR) is 87.2 cm³/mol. The van der Waals surface area contributed by atoms with Crippen molar-refractivity contribution in [2.24, 2.45) is 12.0 Å². The lowest BCUT2D eigenvalue weighted by Crippen LogP contribution is -2.48. The summed E-state index contributed by atoms with van der Waals surface area (Å²) in [5.74, 6) is 0.674. The van der Waals surface area contributed by atoms with Crippen LogP contribution in [0.4, 0.5) is 0 Å². The third-order valence-electron chi connectivity index (χ3n) is 3.70. The minimum atomic E-state index is -3.13. The first-order valence-electron chi connectivity index (χ1n) is 6.80. The minimum absolute atomic E-state index is 0.315. The Kier molecular flexibility index (Phi) is 5.44. The lowest BCUT2D eigenvalue weighted by Gasteiger charge is -2.27. The average molecular weight is 314 g/mol. The molecule has 1 heterocycles. The van der Waals surface area contributed by atoms with Crippen LogP contribution in [0.2, 0.25) is 0 Å². The number of hydrogen-bond acceptors (Lipinski definition) is 3. The molecule has 0 spiro atoms. The number of aromatic nitrogens is 1. The molecule has 1 rings (SSSR count). The number of aliphatic imine (C=N–C) groups is 1. The van der Waals surface area contributed by atoms with E-state index in [1.807, 2.05) is 41.9 Å². The molecular formula is C14H26N4O2S. The summed E-state index contributed by atoms with van der Waals surface area (Å²) in [6.07, 6.45) is 3.25. The van der Waals surface area contributed by atoms with E-state index in [9.17, 15) is 8.42 Å². The number of rotatable bonds is 5. The van der Waals surface area contributed by atoms with Gasteiger partial charge in [0.05, 0.1) is 11.3 Å². The van der Waals surface area contributed by atoms with Gasteiger partial charge in [-0.2, -0.15) is 0 Å². The molecular weight excluding hydrogens is 288 g/mol. The Morgan fingerprint density at radius 2 is 2.10 bits per heavy atom. The molecule has 0 fully saturated rings. The highest BCUT2D eigenvalue weighted by atomic mass is 32.2. The van der Waals surface area contributed by atoms with E-state index < -0.39 is 14.6 Å². The SMILES string of the molecule is CN=C(NCC(C)(C)S(C)(=O)=O)N(C)Cc1cccn1C. The first-order chi connectivity index (χ1) is 9.58. The van der Waals surface area contributed by atoms with Gasteiger partial charge in [-0.1, -0.05) is 0 Å². The Morgan fingerprint density at radius 3 is 2.52 bits per heavy atom. The third kappa shape index (κ3) is 4.49. The zero-order valence-corrected chi connectivity index (χ0v) is 14.5. The van der Waals surface area contributed by atoms with E-state index in [0.29, 0.717) is 19.0 Å². The Labute approximate surface area is 127 Å².